The van der Waals surface area contributed by atoms with Crippen LogP contribution in [-0.2, 0) is 5.41 Å². The molecule has 0 unspecified atom stereocenters. The summed E-state index contributed by atoms with van der Waals surface area (Å²) in [5.41, 5.74) is 2.42. The molecule has 0 aliphatic rings. The smallest absolute Gasteiger partial charge is 0.343 e. The van der Waals surface area contributed by atoms with Crippen LogP contribution in [0.5, 0.6) is 5.75 Å². The van der Waals surface area contributed by atoms with Gasteiger partial charge in [-0.15, -0.1) is 0 Å². The Kier molecular flexibility index (Phi) is 5.41. The van der Waals surface area contributed by atoms with Crippen LogP contribution in [0.1, 0.15) is 52.6 Å². The van der Waals surface area contributed by atoms with Crippen LogP contribution in [0.25, 0.3) is 0 Å². The molecule has 28 heavy (non-hydrogen) atoms. The molecular formula is C24H21FO3. The SMILES string of the molecule is CC(C)(C)c1ccc(C(=O)Oc2ccc(C(=O)c3ccc(F)cc3)cc2)cc1. The number of rotatable bonds is 4. The second-order valence-electron chi connectivity index (χ2n) is 7.58. The zero-order valence-electron chi connectivity index (χ0n) is 16.0. The fraction of sp³-hybridized carbons (Fsp3) is 0.167. The second kappa shape index (κ2) is 7.77. The van der Waals surface area contributed by atoms with Crippen molar-refractivity contribution in [3.8, 4) is 5.75 Å². The van der Waals surface area contributed by atoms with E-state index in [1.54, 1.807) is 36.4 Å². The highest BCUT2D eigenvalue weighted by Gasteiger charge is 2.15. The number of carbonyl (C=O) groups is 2. The number of ether oxygens (including phenoxy) is 1. The minimum atomic E-state index is -0.460. The van der Waals surface area contributed by atoms with Crippen molar-refractivity contribution in [2.24, 2.45) is 0 Å². The van der Waals surface area contributed by atoms with Crippen LogP contribution in [0.2, 0.25) is 0 Å². The first kappa shape index (κ1) is 19.5. The maximum atomic E-state index is 13.0. The number of hydrogen-bond donors (Lipinski definition) is 0. The van der Waals surface area contributed by atoms with E-state index in [1.165, 1.54) is 24.3 Å². The van der Waals surface area contributed by atoms with E-state index in [9.17, 15) is 14.0 Å². The molecule has 0 spiro atoms. The van der Waals surface area contributed by atoms with Gasteiger partial charge in [-0.05, 0) is 71.6 Å². The topological polar surface area (TPSA) is 43.4 Å². The monoisotopic (exact) mass is 376 g/mol. The van der Waals surface area contributed by atoms with Gasteiger partial charge in [0, 0.05) is 11.1 Å². The van der Waals surface area contributed by atoms with Crippen LogP contribution in [0, 0.1) is 5.82 Å². The van der Waals surface area contributed by atoms with E-state index in [1.807, 2.05) is 12.1 Å². The van der Waals surface area contributed by atoms with Crippen LogP contribution in [0.4, 0.5) is 4.39 Å². The summed E-state index contributed by atoms with van der Waals surface area (Å²) in [6.07, 6.45) is 0. The third-order valence-electron chi connectivity index (χ3n) is 4.42. The van der Waals surface area contributed by atoms with Gasteiger partial charge < -0.3 is 4.74 Å². The van der Waals surface area contributed by atoms with Gasteiger partial charge in [0.1, 0.15) is 11.6 Å². The maximum Gasteiger partial charge on any atom is 0.343 e. The third kappa shape index (κ3) is 4.52. The number of esters is 1. The minimum absolute atomic E-state index is 0.00925. The van der Waals surface area contributed by atoms with E-state index in [4.69, 9.17) is 4.74 Å². The normalized spacial score (nSPS) is 11.1. The summed E-state index contributed by atoms with van der Waals surface area (Å²) in [6, 6.07) is 19.0. The molecule has 0 heterocycles. The Morgan fingerprint density at radius 3 is 1.68 bits per heavy atom. The van der Waals surface area contributed by atoms with E-state index in [-0.39, 0.29) is 11.2 Å². The molecule has 3 aromatic rings. The highest BCUT2D eigenvalue weighted by molar-refractivity contribution is 6.09. The molecule has 0 fully saturated rings. The molecule has 3 aromatic carbocycles. The Balaban J connectivity index is 1.69. The largest absolute Gasteiger partial charge is 0.423 e. The van der Waals surface area contributed by atoms with Gasteiger partial charge in [0.2, 0.25) is 0 Å². The first-order chi connectivity index (χ1) is 13.2. The zero-order chi connectivity index (χ0) is 20.3. The third-order valence-corrected chi connectivity index (χ3v) is 4.42. The summed E-state index contributed by atoms with van der Waals surface area (Å²) in [5.74, 6) is -0.733. The predicted octanol–water partition coefficient (Wildman–Crippen LogP) is 5.57. The summed E-state index contributed by atoms with van der Waals surface area (Å²) in [7, 11) is 0. The standard InChI is InChI=1S/C24H21FO3/c1-24(2,3)19-10-4-18(5-11-19)23(27)28-21-14-8-17(9-15-21)22(26)16-6-12-20(25)13-7-16/h4-15H,1-3H3. The summed E-state index contributed by atoms with van der Waals surface area (Å²) in [4.78, 5) is 24.7. The van der Waals surface area contributed by atoms with Crippen molar-refractivity contribution in [2.45, 2.75) is 26.2 Å². The van der Waals surface area contributed by atoms with Gasteiger partial charge in [0.25, 0.3) is 0 Å². The lowest BCUT2D eigenvalue weighted by Crippen LogP contribution is -2.13. The van der Waals surface area contributed by atoms with E-state index >= 15 is 0 Å². The molecule has 0 saturated heterocycles. The molecule has 0 atom stereocenters. The molecule has 0 bridgehead atoms. The van der Waals surface area contributed by atoms with E-state index in [2.05, 4.69) is 20.8 Å². The maximum absolute atomic E-state index is 13.0. The summed E-state index contributed by atoms with van der Waals surface area (Å²) in [5, 5.41) is 0. The number of carbonyl (C=O) groups excluding carboxylic acids is 2. The Morgan fingerprint density at radius 2 is 1.18 bits per heavy atom. The first-order valence-electron chi connectivity index (χ1n) is 8.97. The van der Waals surface area contributed by atoms with Crippen molar-refractivity contribution >= 4 is 11.8 Å². The van der Waals surface area contributed by atoms with Gasteiger partial charge in [-0.25, -0.2) is 9.18 Å². The number of benzene rings is 3. The van der Waals surface area contributed by atoms with Crippen molar-refractivity contribution in [1.82, 2.24) is 0 Å². The van der Waals surface area contributed by atoms with Gasteiger partial charge in [0.05, 0.1) is 5.56 Å². The molecule has 0 saturated carbocycles. The molecule has 0 aliphatic heterocycles. The van der Waals surface area contributed by atoms with Crippen molar-refractivity contribution < 1.29 is 18.7 Å². The highest BCUT2D eigenvalue weighted by atomic mass is 19.1. The average Bonchev–Trinajstić information content (AvgIpc) is 2.68. The molecule has 0 aliphatic carbocycles. The highest BCUT2D eigenvalue weighted by Crippen LogP contribution is 2.23. The van der Waals surface area contributed by atoms with Crippen LogP contribution >= 0.6 is 0 Å². The minimum Gasteiger partial charge on any atom is -0.423 e. The van der Waals surface area contributed by atoms with Gasteiger partial charge in [-0.3, -0.25) is 4.79 Å². The van der Waals surface area contributed by atoms with Crippen LogP contribution in [0.15, 0.2) is 72.8 Å². The molecule has 0 amide bonds. The van der Waals surface area contributed by atoms with Gasteiger partial charge in [-0.1, -0.05) is 32.9 Å². The van der Waals surface area contributed by atoms with Gasteiger partial charge >= 0.3 is 5.97 Å². The molecule has 3 rings (SSSR count). The number of halogens is 1. The quantitative estimate of drug-likeness (QED) is 0.339. The van der Waals surface area contributed by atoms with Gasteiger partial charge in [-0.2, -0.15) is 0 Å². The summed E-state index contributed by atoms with van der Waals surface area (Å²) in [6.45, 7) is 6.32. The van der Waals surface area contributed by atoms with Crippen molar-refractivity contribution in [3.63, 3.8) is 0 Å². The Morgan fingerprint density at radius 1 is 0.714 bits per heavy atom. The van der Waals surface area contributed by atoms with Crippen molar-refractivity contribution in [1.29, 1.82) is 0 Å². The Bertz CT molecular complexity index is 980. The Hall–Kier alpha value is -3.27. The van der Waals surface area contributed by atoms with Crippen LogP contribution in [-0.4, -0.2) is 11.8 Å². The molecule has 0 radical (unpaired) electrons. The average molecular weight is 376 g/mol. The van der Waals surface area contributed by atoms with E-state index in [0.717, 1.165) is 5.56 Å². The van der Waals surface area contributed by atoms with Crippen molar-refractivity contribution in [3.05, 3.63) is 101 Å². The summed E-state index contributed by atoms with van der Waals surface area (Å²) < 4.78 is 18.4. The summed E-state index contributed by atoms with van der Waals surface area (Å²) >= 11 is 0. The van der Waals surface area contributed by atoms with E-state index in [0.29, 0.717) is 22.4 Å². The molecule has 3 nitrogen and oxygen atoms in total. The van der Waals surface area contributed by atoms with E-state index < -0.39 is 11.8 Å². The molecule has 0 N–H and O–H groups in total. The van der Waals surface area contributed by atoms with Crippen LogP contribution in [0.3, 0.4) is 0 Å². The predicted molar refractivity (Wildman–Crippen MR) is 106 cm³/mol. The molecule has 0 aromatic heterocycles. The second-order valence-corrected chi connectivity index (χ2v) is 7.58. The lowest BCUT2D eigenvalue weighted by atomic mass is 9.87. The fourth-order valence-electron chi connectivity index (χ4n) is 2.71. The first-order valence-corrected chi connectivity index (χ1v) is 8.97. The number of ketones is 1. The molecule has 142 valence electrons. The fourth-order valence-corrected chi connectivity index (χ4v) is 2.71. The molecular weight excluding hydrogens is 355 g/mol. The zero-order valence-corrected chi connectivity index (χ0v) is 16.0. The van der Waals surface area contributed by atoms with Crippen LogP contribution < -0.4 is 4.74 Å². The molecule has 4 heteroatoms. The lowest BCUT2D eigenvalue weighted by molar-refractivity contribution is 0.0734. The van der Waals surface area contributed by atoms with Gasteiger partial charge in [0.15, 0.2) is 5.78 Å². The van der Waals surface area contributed by atoms with Crippen molar-refractivity contribution in [2.75, 3.05) is 0 Å². The number of hydrogen-bond acceptors (Lipinski definition) is 3. The lowest BCUT2D eigenvalue weighted by Gasteiger charge is -2.18. The Labute approximate surface area is 163 Å².